The Morgan fingerprint density at radius 2 is 2.28 bits per heavy atom. The van der Waals surface area contributed by atoms with Gasteiger partial charge in [0.25, 0.3) is 0 Å². The summed E-state index contributed by atoms with van der Waals surface area (Å²) < 4.78 is 13.4. The van der Waals surface area contributed by atoms with Crippen molar-refractivity contribution < 1.29 is 4.39 Å². The van der Waals surface area contributed by atoms with Gasteiger partial charge in [-0.15, -0.1) is 0 Å². The summed E-state index contributed by atoms with van der Waals surface area (Å²) in [7, 11) is 1.83. The lowest BCUT2D eigenvalue weighted by Crippen LogP contribution is -2.29. The molecule has 1 rings (SSSR count). The molecule has 5 heteroatoms. The van der Waals surface area contributed by atoms with Crippen LogP contribution in [-0.4, -0.2) is 17.8 Å². The van der Waals surface area contributed by atoms with Crippen molar-refractivity contribution in [2.75, 3.05) is 7.05 Å². The molecule has 0 spiro atoms. The molecule has 0 saturated carbocycles. The first kappa shape index (κ1) is 14.5. The van der Waals surface area contributed by atoms with E-state index >= 15 is 0 Å². The van der Waals surface area contributed by atoms with E-state index in [2.05, 4.69) is 4.99 Å². The number of nitriles is 1. The van der Waals surface area contributed by atoms with E-state index in [9.17, 15) is 4.39 Å². The zero-order chi connectivity index (χ0) is 13.7. The molecule has 18 heavy (non-hydrogen) atoms. The van der Waals surface area contributed by atoms with Crippen LogP contribution in [0, 0.1) is 17.3 Å². The fourth-order valence-corrected chi connectivity index (χ4v) is 1.80. The van der Waals surface area contributed by atoms with Crippen LogP contribution in [0.2, 0.25) is 5.02 Å². The summed E-state index contributed by atoms with van der Waals surface area (Å²) in [5.74, 6) is 0.227. The predicted octanol–water partition coefficient (Wildman–Crippen LogP) is 3.76. The highest BCUT2D eigenvalue weighted by Gasteiger charge is 2.16. The maximum absolute atomic E-state index is 13.4. The normalized spacial score (nSPS) is 13.0. The van der Waals surface area contributed by atoms with Crippen LogP contribution < -0.4 is 0 Å². The van der Waals surface area contributed by atoms with Crippen molar-refractivity contribution in [2.45, 2.75) is 26.3 Å². The van der Waals surface area contributed by atoms with Gasteiger partial charge < -0.3 is 4.90 Å². The molecule has 1 aromatic rings. The average molecular weight is 268 g/mol. The van der Waals surface area contributed by atoms with Crippen molar-refractivity contribution in [1.29, 1.82) is 5.26 Å². The molecule has 0 radical (unpaired) electrons. The summed E-state index contributed by atoms with van der Waals surface area (Å²) >= 11 is 5.65. The molecule has 0 fully saturated rings. The summed E-state index contributed by atoms with van der Waals surface area (Å²) in [6, 6.07) is 4.63. The van der Waals surface area contributed by atoms with Gasteiger partial charge in [0.05, 0.1) is 11.1 Å². The van der Waals surface area contributed by atoms with Gasteiger partial charge in [-0.2, -0.15) is 10.3 Å². The van der Waals surface area contributed by atoms with Gasteiger partial charge >= 0.3 is 0 Å². The van der Waals surface area contributed by atoms with Gasteiger partial charge in [-0.05, 0) is 24.6 Å². The third-order valence-electron chi connectivity index (χ3n) is 2.91. The molecule has 0 aliphatic carbocycles. The predicted molar refractivity (Wildman–Crippen MR) is 70.9 cm³/mol. The minimum absolute atomic E-state index is 0.0798. The van der Waals surface area contributed by atoms with Crippen molar-refractivity contribution >= 4 is 17.4 Å². The number of hydrogen-bond acceptors (Lipinski definition) is 2. The lowest BCUT2D eigenvalue weighted by Gasteiger charge is -2.27. The Hall–Kier alpha value is -1.60. The molecule has 0 aliphatic heterocycles. The molecular formula is C13H15ClFN3. The zero-order valence-electron chi connectivity index (χ0n) is 10.6. The Bertz CT molecular complexity index is 493. The number of halogens is 2. The minimum Gasteiger partial charge on any atom is -0.356 e. The summed E-state index contributed by atoms with van der Waals surface area (Å²) in [6.07, 6.45) is 2.42. The average Bonchev–Trinajstić information content (AvgIpc) is 2.37. The molecule has 0 N–H and O–H groups in total. The maximum atomic E-state index is 13.4. The molecular weight excluding hydrogens is 253 g/mol. The summed E-state index contributed by atoms with van der Waals surface area (Å²) in [5.41, 5.74) is 0.790. The van der Waals surface area contributed by atoms with Gasteiger partial charge in [0.15, 0.2) is 0 Å². The molecule has 0 saturated heterocycles. The van der Waals surface area contributed by atoms with Crippen LogP contribution in [0.3, 0.4) is 0 Å². The van der Waals surface area contributed by atoms with E-state index in [1.807, 2.05) is 25.8 Å². The largest absolute Gasteiger partial charge is 0.356 e. The van der Waals surface area contributed by atoms with E-state index in [4.69, 9.17) is 16.9 Å². The Morgan fingerprint density at radius 3 is 2.78 bits per heavy atom. The molecule has 96 valence electrons. The first-order valence-corrected chi connectivity index (χ1v) is 6.02. The van der Waals surface area contributed by atoms with E-state index in [0.29, 0.717) is 12.3 Å². The first-order valence-electron chi connectivity index (χ1n) is 5.64. The Kier molecular flexibility index (Phi) is 5.11. The number of nitrogens with zero attached hydrogens (tertiary/aromatic N) is 3. The molecule has 1 atom stereocenters. The quantitative estimate of drug-likeness (QED) is 0.475. The standard InChI is InChI=1S/C13H15ClFN3/c1-4-13(17-8-16)18(3)9(2)10-5-6-11(14)12(15)7-10/h5-7,9H,4H2,1-3H3/b17-13+. The van der Waals surface area contributed by atoms with Gasteiger partial charge in [0, 0.05) is 13.5 Å². The van der Waals surface area contributed by atoms with E-state index in [1.165, 1.54) is 12.1 Å². The summed E-state index contributed by atoms with van der Waals surface area (Å²) in [6.45, 7) is 3.84. The van der Waals surface area contributed by atoms with E-state index in [0.717, 1.165) is 5.56 Å². The fraction of sp³-hybridized carbons (Fsp3) is 0.385. The number of rotatable bonds is 3. The Labute approximate surface area is 112 Å². The molecule has 1 aromatic carbocycles. The smallest absolute Gasteiger partial charge is 0.207 e. The molecule has 0 amide bonds. The topological polar surface area (TPSA) is 39.4 Å². The lowest BCUT2D eigenvalue weighted by molar-refractivity contribution is 0.394. The second-order valence-electron chi connectivity index (χ2n) is 3.94. The van der Waals surface area contributed by atoms with Crippen LogP contribution >= 0.6 is 11.6 Å². The van der Waals surface area contributed by atoms with Crippen molar-refractivity contribution in [3.05, 3.63) is 34.6 Å². The van der Waals surface area contributed by atoms with Crippen molar-refractivity contribution in [1.82, 2.24) is 4.90 Å². The van der Waals surface area contributed by atoms with Gasteiger partial charge in [-0.3, -0.25) is 0 Å². The third-order valence-corrected chi connectivity index (χ3v) is 3.22. The first-order chi connectivity index (χ1) is 8.51. The number of amidine groups is 1. The molecule has 0 aliphatic rings. The monoisotopic (exact) mass is 267 g/mol. The van der Waals surface area contributed by atoms with Gasteiger partial charge in [0.1, 0.15) is 11.7 Å². The van der Waals surface area contributed by atoms with Crippen LogP contribution in [0.1, 0.15) is 31.9 Å². The van der Waals surface area contributed by atoms with Gasteiger partial charge in [0.2, 0.25) is 6.19 Å². The maximum Gasteiger partial charge on any atom is 0.207 e. The second kappa shape index (κ2) is 6.36. The molecule has 0 heterocycles. The minimum atomic E-state index is -0.440. The fourth-order valence-electron chi connectivity index (χ4n) is 1.68. The Balaban J connectivity index is 2.99. The number of benzene rings is 1. The van der Waals surface area contributed by atoms with Crippen LogP contribution in [-0.2, 0) is 0 Å². The number of aliphatic imine (C=N–C) groups is 1. The van der Waals surface area contributed by atoms with Crippen molar-refractivity contribution in [3.8, 4) is 6.19 Å². The third kappa shape index (κ3) is 3.21. The highest BCUT2D eigenvalue weighted by molar-refractivity contribution is 6.30. The van der Waals surface area contributed by atoms with Crippen LogP contribution in [0.5, 0.6) is 0 Å². The molecule has 1 unspecified atom stereocenters. The lowest BCUT2D eigenvalue weighted by atomic mass is 10.1. The van der Waals surface area contributed by atoms with Crippen LogP contribution in [0.4, 0.5) is 4.39 Å². The Morgan fingerprint density at radius 1 is 1.61 bits per heavy atom. The molecule has 3 nitrogen and oxygen atoms in total. The van der Waals surface area contributed by atoms with Gasteiger partial charge in [-0.1, -0.05) is 24.6 Å². The van der Waals surface area contributed by atoms with Gasteiger partial charge in [-0.25, -0.2) is 4.39 Å². The summed E-state index contributed by atoms with van der Waals surface area (Å²) in [5, 5.41) is 8.71. The van der Waals surface area contributed by atoms with E-state index in [1.54, 1.807) is 12.3 Å². The zero-order valence-corrected chi connectivity index (χ0v) is 11.4. The molecule has 0 aromatic heterocycles. The van der Waals surface area contributed by atoms with E-state index in [-0.39, 0.29) is 11.1 Å². The highest BCUT2D eigenvalue weighted by atomic mass is 35.5. The highest BCUT2D eigenvalue weighted by Crippen LogP contribution is 2.24. The molecule has 0 bridgehead atoms. The van der Waals surface area contributed by atoms with Crippen LogP contribution in [0.15, 0.2) is 23.2 Å². The van der Waals surface area contributed by atoms with Crippen molar-refractivity contribution in [2.24, 2.45) is 4.99 Å². The second-order valence-corrected chi connectivity index (χ2v) is 4.35. The summed E-state index contributed by atoms with van der Waals surface area (Å²) in [4.78, 5) is 5.61. The van der Waals surface area contributed by atoms with E-state index < -0.39 is 5.82 Å². The SMILES string of the molecule is CC/C(=N\C#N)N(C)C(C)c1ccc(Cl)c(F)c1. The number of hydrogen-bond donors (Lipinski definition) is 0. The van der Waals surface area contributed by atoms with Crippen LogP contribution in [0.25, 0.3) is 0 Å². The van der Waals surface area contributed by atoms with Crippen molar-refractivity contribution in [3.63, 3.8) is 0 Å².